The molecule has 4 nitrogen and oxygen atoms in total. The highest BCUT2D eigenvalue weighted by atomic mass is 19.1. The van der Waals surface area contributed by atoms with Crippen molar-refractivity contribution in [2.24, 2.45) is 5.73 Å². The fourth-order valence-corrected chi connectivity index (χ4v) is 2.53. The van der Waals surface area contributed by atoms with Crippen LogP contribution in [0, 0.1) is 5.82 Å². The van der Waals surface area contributed by atoms with Crippen LogP contribution in [0.5, 0.6) is 0 Å². The Morgan fingerprint density at radius 2 is 1.81 bits per heavy atom. The molecule has 0 unspecified atom stereocenters. The maximum atomic E-state index is 13.0. The van der Waals surface area contributed by atoms with Gasteiger partial charge in [-0.1, -0.05) is 12.1 Å². The van der Waals surface area contributed by atoms with E-state index in [9.17, 15) is 9.18 Å². The predicted molar refractivity (Wildman–Crippen MR) is 76.4 cm³/mol. The molecule has 0 radical (unpaired) electrons. The van der Waals surface area contributed by atoms with Crippen LogP contribution in [-0.2, 0) is 11.8 Å². The first kappa shape index (κ1) is 13.8. The number of aromatic nitrogens is 2. The summed E-state index contributed by atoms with van der Waals surface area (Å²) in [6.07, 6.45) is 5.85. The molecule has 1 fully saturated rings. The standard InChI is InChI=1S/C16H16FN3O/c17-13-3-1-12(2-4-13)16(5-6-16)7-15-19-9-11(10-20-15)14(21)8-18/h1-4,9-10H,5-8,18H2. The number of hydrogen-bond donors (Lipinski definition) is 1. The van der Waals surface area contributed by atoms with Gasteiger partial charge in [0.05, 0.1) is 12.1 Å². The number of nitrogens with two attached hydrogens (primary N) is 1. The highest BCUT2D eigenvalue weighted by Crippen LogP contribution is 2.50. The smallest absolute Gasteiger partial charge is 0.179 e. The molecular formula is C16H16FN3O. The average Bonchev–Trinajstić information content (AvgIpc) is 3.28. The van der Waals surface area contributed by atoms with Gasteiger partial charge in [-0.05, 0) is 30.5 Å². The molecule has 0 amide bonds. The second kappa shape index (κ2) is 5.33. The number of Topliss-reactive ketones (excluding diaryl/α,β-unsaturated/α-hetero) is 1. The van der Waals surface area contributed by atoms with Gasteiger partial charge >= 0.3 is 0 Å². The van der Waals surface area contributed by atoms with Crippen molar-refractivity contribution in [1.82, 2.24) is 9.97 Å². The number of carbonyl (C=O) groups is 1. The van der Waals surface area contributed by atoms with Crippen molar-refractivity contribution in [2.45, 2.75) is 24.7 Å². The third kappa shape index (κ3) is 2.83. The van der Waals surface area contributed by atoms with E-state index in [2.05, 4.69) is 9.97 Å². The van der Waals surface area contributed by atoms with Gasteiger partial charge in [0.15, 0.2) is 5.78 Å². The summed E-state index contributed by atoms with van der Waals surface area (Å²) in [5.74, 6) is 0.307. The zero-order chi connectivity index (χ0) is 14.9. The number of nitrogens with zero attached hydrogens (tertiary/aromatic N) is 2. The second-order valence-corrected chi connectivity index (χ2v) is 5.48. The van der Waals surface area contributed by atoms with Crippen molar-refractivity contribution in [3.8, 4) is 0 Å². The molecular weight excluding hydrogens is 269 g/mol. The fraction of sp³-hybridized carbons (Fsp3) is 0.312. The van der Waals surface area contributed by atoms with E-state index in [0.29, 0.717) is 17.8 Å². The fourth-order valence-electron chi connectivity index (χ4n) is 2.53. The topological polar surface area (TPSA) is 68.9 Å². The van der Waals surface area contributed by atoms with Gasteiger partial charge in [-0.3, -0.25) is 4.79 Å². The van der Waals surface area contributed by atoms with E-state index in [0.717, 1.165) is 18.4 Å². The number of ketones is 1. The molecule has 1 heterocycles. The minimum Gasteiger partial charge on any atom is -0.324 e. The van der Waals surface area contributed by atoms with Crippen LogP contribution in [0.3, 0.4) is 0 Å². The summed E-state index contributed by atoms with van der Waals surface area (Å²) in [4.78, 5) is 19.9. The number of carbonyl (C=O) groups excluding carboxylic acids is 1. The highest BCUT2D eigenvalue weighted by molar-refractivity contribution is 5.96. The van der Waals surface area contributed by atoms with Crippen molar-refractivity contribution in [3.05, 3.63) is 59.4 Å². The van der Waals surface area contributed by atoms with Gasteiger partial charge in [0.25, 0.3) is 0 Å². The summed E-state index contributed by atoms with van der Waals surface area (Å²) in [7, 11) is 0. The summed E-state index contributed by atoms with van der Waals surface area (Å²) >= 11 is 0. The molecule has 2 aromatic rings. The van der Waals surface area contributed by atoms with E-state index in [1.807, 2.05) is 12.1 Å². The molecule has 2 N–H and O–H groups in total. The molecule has 1 aliphatic rings. The van der Waals surface area contributed by atoms with Gasteiger partial charge in [-0.25, -0.2) is 14.4 Å². The Hall–Kier alpha value is -2.14. The number of rotatable bonds is 5. The van der Waals surface area contributed by atoms with Crippen LogP contribution in [0.1, 0.15) is 34.6 Å². The van der Waals surface area contributed by atoms with Crippen LogP contribution in [-0.4, -0.2) is 22.3 Å². The van der Waals surface area contributed by atoms with Gasteiger partial charge in [-0.2, -0.15) is 0 Å². The number of benzene rings is 1. The molecule has 0 atom stereocenters. The predicted octanol–water partition coefficient (Wildman–Crippen LogP) is 2.03. The number of halogens is 1. The van der Waals surface area contributed by atoms with Crippen molar-refractivity contribution < 1.29 is 9.18 Å². The highest BCUT2D eigenvalue weighted by Gasteiger charge is 2.44. The molecule has 0 spiro atoms. The van der Waals surface area contributed by atoms with Crippen LogP contribution >= 0.6 is 0 Å². The molecule has 1 saturated carbocycles. The molecule has 21 heavy (non-hydrogen) atoms. The van der Waals surface area contributed by atoms with E-state index in [4.69, 9.17) is 5.73 Å². The van der Waals surface area contributed by atoms with Gasteiger partial charge in [0.2, 0.25) is 0 Å². The summed E-state index contributed by atoms with van der Waals surface area (Å²) in [6.45, 7) is -0.0395. The zero-order valence-electron chi connectivity index (χ0n) is 11.6. The Kier molecular flexibility index (Phi) is 3.51. The van der Waals surface area contributed by atoms with E-state index < -0.39 is 0 Å². The minimum absolute atomic E-state index is 0.0209. The van der Waals surface area contributed by atoms with Crippen LogP contribution in [0.25, 0.3) is 0 Å². The van der Waals surface area contributed by atoms with Crippen molar-refractivity contribution >= 4 is 5.78 Å². The Morgan fingerprint density at radius 1 is 1.19 bits per heavy atom. The number of hydrogen-bond acceptors (Lipinski definition) is 4. The van der Waals surface area contributed by atoms with E-state index in [1.165, 1.54) is 24.5 Å². The zero-order valence-corrected chi connectivity index (χ0v) is 11.6. The quantitative estimate of drug-likeness (QED) is 0.853. The van der Waals surface area contributed by atoms with Crippen LogP contribution < -0.4 is 5.73 Å². The van der Waals surface area contributed by atoms with E-state index in [1.54, 1.807) is 0 Å². The lowest BCUT2D eigenvalue weighted by Crippen LogP contribution is -2.16. The summed E-state index contributed by atoms with van der Waals surface area (Å²) in [5.41, 5.74) is 6.89. The van der Waals surface area contributed by atoms with Crippen LogP contribution in [0.2, 0.25) is 0 Å². The lowest BCUT2D eigenvalue weighted by molar-refractivity contribution is 0.100. The first-order chi connectivity index (χ1) is 10.1. The van der Waals surface area contributed by atoms with Crippen molar-refractivity contribution in [3.63, 3.8) is 0 Å². The lowest BCUT2D eigenvalue weighted by Gasteiger charge is -2.14. The largest absolute Gasteiger partial charge is 0.324 e. The van der Waals surface area contributed by atoms with Crippen molar-refractivity contribution in [2.75, 3.05) is 6.54 Å². The van der Waals surface area contributed by atoms with E-state index >= 15 is 0 Å². The first-order valence-corrected chi connectivity index (χ1v) is 6.93. The first-order valence-electron chi connectivity index (χ1n) is 6.93. The van der Waals surface area contributed by atoms with Gasteiger partial charge in [0, 0.05) is 24.2 Å². The summed E-state index contributed by atoms with van der Waals surface area (Å²) in [6, 6.07) is 6.63. The van der Waals surface area contributed by atoms with E-state index in [-0.39, 0.29) is 23.6 Å². The van der Waals surface area contributed by atoms with Crippen LogP contribution in [0.15, 0.2) is 36.7 Å². The SMILES string of the molecule is NCC(=O)c1cnc(CC2(c3ccc(F)cc3)CC2)nc1. The molecule has 0 saturated heterocycles. The third-order valence-electron chi connectivity index (χ3n) is 4.02. The van der Waals surface area contributed by atoms with Gasteiger partial charge in [-0.15, -0.1) is 0 Å². The maximum absolute atomic E-state index is 13.0. The molecule has 5 heteroatoms. The molecule has 1 aromatic carbocycles. The molecule has 108 valence electrons. The maximum Gasteiger partial charge on any atom is 0.179 e. The summed E-state index contributed by atoms with van der Waals surface area (Å²) < 4.78 is 13.0. The Morgan fingerprint density at radius 3 is 2.33 bits per heavy atom. The van der Waals surface area contributed by atoms with Crippen LogP contribution in [0.4, 0.5) is 4.39 Å². The Bertz CT molecular complexity index is 648. The van der Waals surface area contributed by atoms with Crippen molar-refractivity contribution in [1.29, 1.82) is 0 Å². The molecule has 1 aliphatic carbocycles. The average molecular weight is 285 g/mol. The molecule has 1 aromatic heterocycles. The molecule has 0 aliphatic heterocycles. The normalized spacial score (nSPS) is 15.7. The van der Waals surface area contributed by atoms with Gasteiger partial charge in [0.1, 0.15) is 11.6 Å². The van der Waals surface area contributed by atoms with Gasteiger partial charge < -0.3 is 5.73 Å². The Balaban J connectivity index is 1.77. The second-order valence-electron chi connectivity index (χ2n) is 5.48. The molecule has 0 bridgehead atoms. The monoisotopic (exact) mass is 285 g/mol. The third-order valence-corrected chi connectivity index (χ3v) is 4.02. The minimum atomic E-state index is -0.226. The summed E-state index contributed by atoms with van der Waals surface area (Å²) in [5, 5.41) is 0. The molecule has 3 rings (SSSR count). The lowest BCUT2D eigenvalue weighted by atomic mass is 9.92. The Labute approximate surface area is 122 Å².